The summed E-state index contributed by atoms with van der Waals surface area (Å²) in [5.74, 6) is 0.118. The Morgan fingerprint density at radius 1 is 1.06 bits per heavy atom. The lowest BCUT2D eigenvalue weighted by Crippen LogP contribution is -2.06. The van der Waals surface area contributed by atoms with Crippen molar-refractivity contribution in [2.75, 3.05) is 0 Å². The van der Waals surface area contributed by atoms with E-state index < -0.39 is 0 Å². The lowest BCUT2D eigenvalue weighted by Gasteiger charge is -2.18. The molecule has 0 aliphatic rings. The molecule has 0 aromatic carbocycles. The van der Waals surface area contributed by atoms with Crippen molar-refractivity contribution in [3.05, 3.63) is 35.5 Å². The average molecular weight is 248 g/mol. The van der Waals surface area contributed by atoms with Gasteiger partial charge in [-0.3, -0.25) is 4.79 Å². The van der Waals surface area contributed by atoms with Crippen molar-refractivity contribution in [1.82, 2.24) is 0 Å². The van der Waals surface area contributed by atoms with Gasteiger partial charge in [-0.2, -0.15) is 0 Å². The molecule has 0 aliphatic heterocycles. The van der Waals surface area contributed by atoms with Gasteiger partial charge in [0, 0.05) is 0 Å². The number of allylic oxidation sites excluding steroid dienone is 6. The summed E-state index contributed by atoms with van der Waals surface area (Å²) in [5.41, 5.74) is 2.87. The molecule has 0 amide bonds. The van der Waals surface area contributed by atoms with Crippen LogP contribution >= 0.6 is 0 Å². The first-order valence-corrected chi connectivity index (χ1v) is 6.72. The van der Waals surface area contributed by atoms with E-state index in [0.29, 0.717) is 0 Å². The summed E-state index contributed by atoms with van der Waals surface area (Å²) in [4.78, 5) is 10.9. The van der Waals surface area contributed by atoms with Crippen LogP contribution in [0.15, 0.2) is 35.5 Å². The first-order chi connectivity index (χ1) is 8.23. The van der Waals surface area contributed by atoms with Gasteiger partial charge < -0.3 is 0 Å². The van der Waals surface area contributed by atoms with Gasteiger partial charge in [0.05, 0.1) is 0 Å². The zero-order valence-electron chi connectivity index (χ0n) is 12.8. The average Bonchev–Trinajstić information content (AvgIpc) is 2.24. The molecule has 0 N–H and O–H groups in total. The maximum absolute atomic E-state index is 10.9. The molecule has 0 saturated carbocycles. The van der Waals surface area contributed by atoms with Crippen molar-refractivity contribution < 1.29 is 4.79 Å². The molecule has 0 aromatic heterocycles. The minimum absolute atomic E-state index is 0.0590. The predicted molar refractivity (Wildman–Crippen MR) is 80.6 cm³/mol. The molecule has 0 atom stereocenters. The lowest BCUT2D eigenvalue weighted by molar-refractivity contribution is -0.112. The van der Waals surface area contributed by atoms with E-state index >= 15 is 0 Å². The van der Waals surface area contributed by atoms with Crippen molar-refractivity contribution in [3.8, 4) is 0 Å². The van der Waals surface area contributed by atoms with Crippen LogP contribution in [0, 0.1) is 5.41 Å². The van der Waals surface area contributed by atoms with E-state index in [-0.39, 0.29) is 11.2 Å². The monoisotopic (exact) mass is 248 g/mol. The highest BCUT2D eigenvalue weighted by Crippen LogP contribution is 2.24. The van der Waals surface area contributed by atoms with Gasteiger partial charge in [0.25, 0.3) is 0 Å². The third-order valence-electron chi connectivity index (χ3n) is 2.84. The minimum Gasteiger partial charge on any atom is -0.295 e. The fourth-order valence-electron chi connectivity index (χ4n) is 1.54. The number of carbonyl (C=O) groups excluding carboxylic acids is 1. The van der Waals surface area contributed by atoms with Gasteiger partial charge in [0.15, 0.2) is 5.78 Å². The Kier molecular flexibility index (Phi) is 7.58. The molecule has 0 bridgehead atoms. The van der Waals surface area contributed by atoms with Crippen molar-refractivity contribution in [1.29, 1.82) is 0 Å². The summed E-state index contributed by atoms with van der Waals surface area (Å²) in [6.45, 7) is 12.4. The van der Waals surface area contributed by atoms with Crippen LogP contribution < -0.4 is 0 Å². The molecule has 1 heteroatoms. The van der Waals surface area contributed by atoms with Crippen molar-refractivity contribution in [3.63, 3.8) is 0 Å². The molecule has 102 valence electrons. The van der Waals surface area contributed by atoms with Gasteiger partial charge in [-0.05, 0) is 58.4 Å². The molecule has 0 unspecified atom stereocenters. The molecular weight excluding hydrogens is 220 g/mol. The van der Waals surface area contributed by atoms with Crippen LogP contribution in [-0.2, 0) is 4.79 Å². The van der Waals surface area contributed by atoms with Gasteiger partial charge in [0.2, 0.25) is 0 Å². The highest BCUT2D eigenvalue weighted by molar-refractivity contribution is 5.87. The lowest BCUT2D eigenvalue weighted by atomic mass is 9.87. The van der Waals surface area contributed by atoms with Crippen LogP contribution in [0.1, 0.15) is 60.8 Å². The number of carbonyl (C=O) groups is 1. The molecule has 0 heterocycles. The number of hydrogen-bond donors (Lipinski definition) is 0. The molecule has 0 radical (unpaired) electrons. The Bertz CT molecular complexity index is 350. The highest BCUT2D eigenvalue weighted by atomic mass is 16.1. The normalized spacial score (nSPS) is 12.9. The van der Waals surface area contributed by atoms with Crippen LogP contribution in [0.2, 0.25) is 0 Å². The van der Waals surface area contributed by atoms with E-state index in [4.69, 9.17) is 0 Å². The second-order valence-corrected chi connectivity index (χ2v) is 6.01. The molecule has 0 saturated heterocycles. The SMILES string of the molecule is CC(=O)/C=C/C(C)(C)C/C=C(/C)CCC=C(C)C. The van der Waals surface area contributed by atoms with Crippen molar-refractivity contribution in [2.45, 2.75) is 60.8 Å². The van der Waals surface area contributed by atoms with Crippen molar-refractivity contribution >= 4 is 5.78 Å². The fourth-order valence-corrected chi connectivity index (χ4v) is 1.54. The zero-order chi connectivity index (χ0) is 14.2. The maximum Gasteiger partial charge on any atom is 0.152 e. The Morgan fingerprint density at radius 2 is 1.67 bits per heavy atom. The van der Waals surface area contributed by atoms with Crippen LogP contribution in [0.5, 0.6) is 0 Å². The summed E-state index contributed by atoms with van der Waals surface area (Å²) in [5, 5.41) is 0. The molecule has 18 heavy (non-hydrogen) atoms. The third kappa shape index (κ3) is 10.1. The fraction of sp³-hybridized carbons (Fsp3) is 0.588. The Hall–Kier alpha value is -1.11. The molecule has 0 rings (SSSR count). The van der Waals surface area contributed by atoms with Gasteiger partial charge in [-0.15, -0.1) is 0 Å². The maximum atomic E-state index is 10.9. The summed E-state index contributed by atoms with van der Waals surface area (Å²) in [6.07, 6.45) is 11.5. The summed E-state index contributed by atoms with van der Waals surface area (Å²) in [6, 6.07) is 0. The Labute approximate surface area is 113 Å². The standard InChI is InChI=1S/C17H28O/c1-14(2)8-7-9-15(3)10-12-17(5,6)13-11-16(4)18/h8,10-11,13H,7,9,12H2,1-6H3/b13-11+,15-10-. The van der Waals surface area contributed by atoms with Gasteiger partial charge in [-0.25, -0.2) is 0 Å². The first kappa shape index (κ1) is 16.9. The largest absolute Gasteiger partial charge is 0.295 e. The van der Waals surface area contributed by atoms with Gasteiger partial charge in [0.1, 0.15) is 0 Å². The van der Waals surface area contributed by atoms with Crippen LogP contribution in [0.25, 0.3) is 0 Å². The van der Waals surface area contributed by atoms with E-state index in [2.05, 4.69) is 46.8 Å². The van der Waals surface area contributed by atoms with Crippen LogP contribution in [0.4, 0.5) is 0 Å². The zero-order valence-corrected chi connectivity index (χ0v) is 12.8. The quantitative estimate of drug-likeness (QED) is 0.445. The summed E-state index contributed by atoms with van der Waals surface area (Å²) in [7, 11) is 0. The second kappa shape index (κ2) is 8.07. The van der Waals surface area contributed by atoms with Gasteiger partial charge >= 0.3 is 0 Å². The summed E-state index contributed by atoms with van der Waals surface area (Å²) >= 11 is 0. The smallest absolute Gasteiger partial charge is 0.152 e. The van der Waals surface area contributed by atoms with E-state index in [1.165, 1.54) is 11.1 Å². The van der Waals surface area contributed by atoms with E-state index in [9.17, 15) is 4.79 Å². The van der Waals surface area contributed by atoms with E-state index in [0.717, 1.165) is 19.3 Å². The van der Waals surface area contributed by atoms with E-state index in [1.807, 2.05) is 6.08 Å². The second-order valence-electron chi connectivity index (χ2n) is 6.01. The van der Waals surface area contributed by atoms with Crippen molar-refractivity contribution in [2.24, 2.45) is 5.41 Å². The number of rotatable bonds is 7. The van der Waals surface area contributed by atoms with E-state index in [1.54, 1.807) is 13.0 Å². The Morgan fingerprint density at radius 3 is 2.17 bits per heavy atom. The van der Waals surface area contributed by atoms with Crippen LogP contribution in [-0.4, -0.2) is 5.78 Å². The minimum atomic E-state index is 0.0590. The molecule has 0 spiro atoms. The van der Waals surface area contributed by atoms with Gasteiger partial charge in [-0.1, -0.05) is 43.2 Å². The molecular formula is C17H28O. The Balaban J connectivity index is 4.26. The predicted octanol–water partition coefficient (Wildman–Crippen LogP) is 5.24. The molecule has 1 nitrogen and oxygen atoms in total. The summed E-state index contributed by atoms with van der Waals surface area (Å²) < 4.78 is 0. The number of hydrogen-bond acceptors (Lipinski definition) is 1. The topological polar surface area (TPSA) is 17.1 Å². The highest BCUT2D eigenvalue weighted by Gasteiger charge is 2.11. The third-order valence-corrected chi connectivity index (χ3v) is 2.84. The molecule has 0 aliphatic carbocycles. The first-order valence-electron chi connectivity index (χ1n) is 6.72. The van der Waals surface area contributed by atoms with Crippen LogP contribution in [0.3, 0.4) is 0 Å². The molecule has 0 fully saturated rings. The number of ketones is 1. The molecule has 0 aromatic rings.